The molecule has 0 aliphatic carbocycles. The smallest absolute Gasteiger partial charge is 0.254 e. The number of nitrogens with zero attached hydrogens (tertiary/aromatic N) is 4. The van der Waals surface area contributed by atoms with Gasteiger partial charge in [-0.05, 0) is 64.5 Å². The van der Waals surface area contributed by atoms with Gasteiger partial charge in [0.25, 0.3) is 5.91 Å². The van der Waals surface area contributed by atoms with E-state index in [2.05, 4.69) is 32.2 Å². The number of fused-ring (bicyclic) bond motifs is 1. The van der Waals surface area contributed by atoms with Gasteiger partial charge in [0, 0.05) is 53.5 Å². The van der Waals surface area contributed by atoms with Gasteiger partial charge in [0.05, 0.1) is 36.5 Å². The summed E-state index contributed by atoms with van der Waals surface area (Å²) in [5, 5.41) is 12.6. The van der Waals surface area contributed by atoms with Gasteiger partial charge in [0.1, 0.15) is 17.6 Å². The number of hydrogen-bond donors (Lipinski definition) is 1. The first-order chi connectivity index (χ1) is 19.3. The number of nitriles is 1. The number of piperazine rings is 1. The van der Waals surface area contributed by atoms with E-state index in [0.29, 0.717) is 58.2 Å². The van der Waals surface area contributed by atoms with Crippen LogP contribution in [-0.4, -0.2) is 67.1 Å². The number of rotatable bonds is 6. The van der Waals surface area contributed by atoms with Gasteiger partial charge < -0.3 is 19.9 Å². The maximum Gasteiger partial charge on any atom is 0.254 e. The molecule has 3 aromatic rings. The number of methoxy groups -OCH3 is 1. The van der Waals surface area contributed by atoms with Crippen molar-refractivity contribution in [2.75, 3.05) is 38.3 Å². The van der Waals surface area contributed by atoms with Crippen molar-refractivity contribution in [3.8, 4) is 11.8 Å². The summed E-state index contributed by atoms with van der Waals surface area (Å²) in [7, 11) is 1.46. The first-order valence-corrected chi connectivity index (χ1v) is 13.8. The van der Waals surface area contributed by atoms with Crippen molar-refractivity contribution < 1.29 is 18.7 Å². The second kappa shape index (κ2) is 11.8. The molecule has 0 radical (unpaired) electrons. The molecule has 2 atom stereocenters. The minimum Gasteiger partial charge on any atom is -0.497 e. The van der Waals surface area contributed by atoms with Crippen LogP contribution in [0.15, 0.2) is 65.1 Å². The van der Waals surface area contributed by atoms with Crippen LogP contribution in [0.5, 0.6) is 5.75 Å². The zero-order valence-electron chi connectivity index (χ0n) is 21.6. The van der Waals surface area contributed by atoms with E-state index in [9.17, 15) is 19.2 Å². The highest BCUT2D eigenvalue weighted by Gasteiger charge is 2.47. The Morgan fingerprint density at radius 2 is 1.93 bits per heavy atom. The first kappa shape index (κ1) is 27.9. The van der Waals surface area contributed by atoms with Crippen molar-refractivity contribution in [3.63, 3.8) is 0 Å². The maximum atomic E-state index is 14.6. The standard InChI is InChI=1S/C29H26BrClFN5O3/c1-40-22-8-4-20(25(32)13-22)15-34-28(38)27-26-16-35(29(39)19-5-9-23(30)24(31)12-19)10-11-36(26)17-37(27)21-6-2-18(14-33)3-7-21/h2-9,12-13,26-27H,10-11,15-17H2,1H3,(H,34,38). The Labute approximate surface area is 245 Å². The van der Waals surface area contributed by atoms with Crippen molar-refractivity contribution in [1.82, 2.24) is 15.1 Å². The van der Waals surface area contributed by atoms with Crippen LogP contribution in [0.3, 0.4) is 0 Å². The van der Waals surface area contributed by atoms with E-state index >= 15 is 0 Å². The Balaban J connectivity index is 1.39. The summed E-state index contributed by atoms with van der Waals surface area (Å²) in [5.74, 6) is -0.525. The minimum absolute atomic E-state index is 0.000865. The van der Waals surface area contributed by atoms with Gasteiger partial charge in [0.2, 0.25) is 5.91 Å². The monoisotopic (exact) mass is 625 g/mol. The van der Waals surface area contributed by atoms with E-state index in [0.717, 1.165) is 5.69 Å². The normalized spacial score (nSPS) is 18.7. The van der Waals surface area contributed by atoms with Gasteiger partial charge in [-0.1, -0.05) is 17.7 Å². The average molecular weight is 627 g/mol. The van der Waals surface area contributed by atoms with Gasteiger partial charge in [-0.3, -0.25) is 14.5 Å². The van der Waals surface area contributed by atoms with Crippen molar-refractivity contribution in [2.24, 2.45) is 0 Å². The Hall–Kier alpha value is -3.65. The lowest BCUT2D eigenvalue weighted by molar-refractivity contribution is -0.123. The fourth-order valence-corrected chi connectivity index (χ4v) is 5.61. The van der Waals surface area contributed by atoms with Crippen molar-refractivity contribution in [2.45, 2.75) is 18.6 Å². The second-order valence-electron chi connectivity index (χ2n) is 9.65. The lowest BCUT2D eigenvalue weighted by Gasteiger charge is -2.38. The highest BCUT2D eigenvalue weighted by molar-refractivity contribution is 9.10. The maximum absolute atomic E-state index is 14.6. The molecule has 2 heterocycles. The Kier molecular flexibility index (Phi) is 8.26. The lowest BCUT2D eigenvalue weighted by Crippen LogP contribution is -2.58. The van der Waals surface area contributed by atoms with Crippen LogP contribution >= 0.6 is 27.5 Å². The molecular formula is C29H26BrClFN5O3. The molecule has 0 aromatic heterocycles. The molecular weight excluding hydrogens is 601 g/mol. The summed E-state index contributed by atoms with van der Waals surface area (Å²) >= 11 is 9.59. The topological polar surface area (TPSA) is 88.9 Å². The van der Waals surface area contributed by atoms with Gasteiger partial charge in [-0.25, -0.2) is 4.39 Å². The molecule has 0 bridgehead atoms. The molecule has 206 valence electrons. The number of carbonyl (C=O) groups excluding carboxylic acids is 2. The van der Waals surface area contributed by atoms with E-state index in [1.54, 1.807) is 47.4 Å². The van der Waals surface area contributed by atoms with E-state index in [4.69, 9.17) is 16.3 Å². The van der Waals surface area contributed by atoms with Crippen LogP contribution < -0.4 is 15.0 Å². The summed E-state index contributed by atoms with van der Waals surface area (Å²) in [4.78, 5) is 33.0. The van der Waals surface area contributed by atoms with E-state index in [-0.39, 0.29) is 24.4 Å². The minimum atomic E-state index is -0.654. The zero-order valence-corrected chi connectivity index (χ0v) is 24.0. The summed E-state index contributed by atoms with van der Waals surface area (Å²) in [6.45, 7) is 1.87. The van der Waals surface area contributed by atoms with Gasteiger partial charge in [-0.2, -0.15) is 5.26 Å². The number of halogens is 3. The largest absolute Gasteiger partial charge is 0.497 e. The van der Waals surface area contributed by atoms with Crippen LogP contribution in [0.1, 0.15) is 21.5 Å². The Morgan fingerprint density at radius 3 is 2.60 bits per heavy atom. The number of anilines is 1. The van der Waals surface area contributed by atoms with Gasteiger partial charge in [0.15, 0.2) is 0 Å². The van der Waals surface area contributed by atoms with E-state index in [1.165, 1.54) is 13.2 Å². The molecule has 8 nitrogen and oxygen atoms in total. The molecule has 0 spiro atoms. The predicted molar refractivity (Wildman–Crippen MR) is 153 cm³/mol. The number of carbonyl (C=O) groups is 2. The molecule has 2 fully saturated rings. The summed E-state index contributed by atoms with van der Waals surface area (Å²) < 4.78 is 20.3. The summed E-state index contributed by atoms with van der Waals surface area (Å²) in [5.41, 5.74) is 2.10. The zero-order chi connectivity index (χ0) is 28.4. The lowest BCUT2D eigenvalue weighted by atomic mass is 10.0. The molecule has 11 heteroatoms. The third-order valence-corrected chi connectivity index (χ3v) is 8.56. The molecule has 3 aromatic carbocycles. The molecule has 0 saturated carbocycles. The van der Waals surface area contributed by atoms with E-state index < -0.39 is 11.9 Å². The molecule has 2 amide bonds. The fourth-order valence-electron chi connectivity index (χ4n) is 5.18. The van der Waals surface area contributed by atoms with Gasteiger partial charge in [-0.15, -0.1) is 0 Å². The van der Waals surface area contributed by atoms with E-state index in [1.807, 2.05) is 17.0 Å². The van der Waals surface area contributed by atoms with Crippen LogP contribution in [0.25, 0.3) is 0 Å². The quantitative estimate of drug-likeness (QED) is 0.436. The molecule has 2 aliphatic rings. The third-order valence-electron chi connectivity index (χ3n) is 7.33. The number of hydrogen-bond acceptors (Lipinski definition) is 6. The highest BCUT2D eigenvalue weighted by atomic mass is 79.9. The Bertz CT molecular complexity index is 1480. The Morgan fingerprint density at radius 1 is 1.15 bits per heavy atom. The van der Waals surface area contributed by atoms with Crippen LogP contribution in [0.4, 0.5) is 10.1 Å². The highest BCUT2D eigenvalue weighted by Crippen LogP contribution is 2.31. The number of benzene rings is 3. The van der Waals surface area contributed by atoms with Crippen molar-refractivity contribution in [1.29, 1.82) is 5.26 Å². The molecule has 2 unspecified atom stereocenters. The molecule has 2 aliphatic heterocycles. The fraction of sp³-hybridized carbons (Fsp3) is 0.276. The second-order valence-corrected chi connectivity index (χ2v) is 10.9. The molecule has 1 N–H and O–H groups in total. The van der Waals surface area contributed by atoms with Crippen LogP contribution in [0, 0.1) is 17.1 Å². The third kappa shape index (κ3) is 5.63. The number of amides is 2. The first-order valence-electron chi connectivity index (χ1n) is 12.6. The average Bonchev–Trinajstić information content (AvgIpc) is 3.36. The van der Waals surface area contributed by atoms with Crippen LogP contribution in [-0.2, 0) is 11.3 Å². The predicted octanol–water partition coefficient (Wildman–Crippen LogP) is 4.41. The van der Waals surface area contributed by atoms with Crippen molar-refractivity contribution in [3.05, 3.63) is 92.7 Å². The number of nitrogens with one attached hydrogen (secondary N) is 1. The molecule has 2 saturated heterocycles. The van der Waals surface area contributed by atoms with Crippen molar-refractivity contribution >= 4 is 45.0 Å². The van der Waals surface area contributed by atoms with Gasteiger partial charge >= 0.3 is 0 Å². The molecule has 40 heavy (non-hydrogen) atoms. The van der Waals surface area contributed by atoms with Crippen LogP contribution in [0.2, 0.25) is 5.02 Å². The summed E-state index contributed by atoms with van der Waals surface area (Å²) in [6, 6.07) is 17.8. The number of ether oxygens (including phenoxy) is 1. The SMILES string of the molecule is COc1ccc(CNC(=O)C2C3CN(C(=O)c4ccc(Br)c(Cl)c4)CCN3CN2c2ccc(C#N)cc2)c(F)c1. The summed E-state index contributed by atoms with van der Waals surface area (Å²) in [6.07, 6.45) is 0. The molecule has 5 rings (SSSR count).